The van der Waals surface area contributed by atoms with Crippen LogP contribution in [0.15, 0.2) is 60.7 Å². The van der Waals surface area contributed by atoms with Crippen LogP contribution < -0.4 is 16.1 Å². The molecular formula is C18H28N2Si2. The van der Waals surface area contributed by atoms with Crippen LogP contribution in [0, 0.1) is 0 Å². The fourth-order valence-corrected chi connectivity index (χ4v) is 13.8. The number of rotatable bonds is 6. The first-order chi connectivity index (χ1) is 10.4. The zero-order chi connectivity index (χ0) is 16.2. The Morgan fingerprint density at radius 1 is 0.727 bits per heavy atom. The third kappa shape index (κ3) is 3.41. The monoisotopic (exact) mass is 328 g/mol. The Labute approximate surface area is 137 Å². The maximum absolute atomic E-state index is 5.98. The highest BCUT2D eigenvalue weighted by Gasteiger charge is 2.42. The van der Waals surface area contributed by atoms with E-state index in [1.807, 2.05) is 0 Å². The minimum atomic E-state index is -1.73. The number of nitrogens with two attached hydrogens (primary N) is 1. The molecule has 0 saturated carbocycles. The highest BCUT2D eigenvalue weighted by molar-refractivity contribution is 7.02. The van der Waals surface area contributed by atoms with E-state index in [2.05, 4.69) is 91.1 Å². The Bertz CT molecular complexity index is 531. The largest absolute Gasteiger partial charge is 0.337 e. The van der Waals surface area contributed by atoms with Gasteiger partial charge in [-0.25, -0.2) is 0 Å². The van der Waals surface area contributed by atoms with Crippen LogP contribution in [0.5, 0.6) is 0 Å². The SMILES string of the molecule is C[Si](C)(c1ccccc1)N(CCN)[Si](C)(C)c1ccccc1. The Balaban J connectivity index is 2.45. The molecule has 0 radical (unpaired) electrons. The molecule has 0 unspecified atom stereocenters. The number of hydrogen-bond acceptors (Lipinski definition) is 2. The van der Waals surface area contributed by atoms with Gasteiger partial charge >= 0.3 is 0 Å². The molecule has 0 heterocycles. The van der Waals surface area contributed by atoms with Gasteiger partial charge in [-0.15, -0.1) is 0 Å². The molecule has 22 heavy (non-hydrogen) atoms. The van der Waals surface area contributed by atoms with Crippen molar-refractivity contribution in [2.75, 3.05) is 13.1 Å². The summed E-state index contributed by atoms with van der Waals surface area (Å²) in [6.07, 6.45) is 0. The average Bonchev–Trinajstić information content (AvgIpc) is 2.54. The lowest BCUT2D eigenvalue weighted by Crippen LogP contribution is -2.72. The summed E-state index contributed by atoms with van der Waals surface area (Å²) < 4.78 is 2.78. The van der Waals surface area contributed by atoms with E-state index >= 15 is 0 Å². The summed E-state index contributed by atoms with van der Waals surface area (Å²) in [7, 11) is -3.47. The van der Waals surface area contributed by atoms with E-state index in [1.165, 1.54) is 10.4 Å². The van der Waals surface area contributed by atoms with Crippen molar-refractivity contribution >= 4 is 26.8 Å². The quantitative estimate of drug-likeness (QED) is 0.826. The third-order valence-corrected chi connectivity index (χ3v) is 14.7. The van der Waals surface area contributed by atoms with Crippen LogP contribution >= 0.6 is 0 Å². The summed E-state index contributed by atoms with van der Waals surface area (Å²) in [5.74, 6) is 0. The molecule has 118 valence electrons. The predicted octanol–water partition coefficient (Wildman–Crippen LogP) is 2.47. The molecule has 0 fully saturated rings. The van der Waals surface area contributed by atoms with E-state index in [0.717, 1.165) is 6.54 Å². The van der Waals surface area contributed by atoms with Crippen molar-refractivity contribution in [3.8, 4) is 0 Å². The van der Waals surface area contributed by atoms with Crippen LogP contribution in [0.4, 0.5) is 0 Å². The Kier molecular flexibility index (Phi) is 5.39. The van der Waals surface area contributed by atoms with Gasteiger partial charge in [0.2, 0.25) is 0 Å². The lowest BCUT2D eigenvalue weighted by atomic mass is 10.4. The van der Waals surface area contributed by atoms with Gasteiger partial charge in [0, 0.05) is 6.54 Å². The molecule has 0 aliphatic rings. The van der Waals surface area contributed by atoms with Crippen LogP contribution in [-0.4, -0.2) is 33.8 Å². The van der Waals surface area contributed by atoms with Gasteiger partial charge in [-0.1, -0.05) is 86.9 Å². The minimum absolute atomic E-state index is 0.715. The number of hydrogen-bond donors (Lipinski definition) is 1. The Hall–Kier alpha value is -1.21. The maximum atomic E-state index is 5.98. The van der Waals surface area contributed by atoms with Crippen molar-refractivity contribution in [3.63, 3.8) is 0 Å². The van der Waals surface area contributed by atoms with Crippen LogP contribution in [0.1, 0.15) is 0 Å². The molecule has 0 aliphatic heterocycles. The lowest BCUT2D eigenvalue weighted by Gasteiger charge is -2.47. The molecule has 4 heteroatoms. The van der Waals surface area contributed by atoms with Crippen LogP contribution in [0.25, 0.3) is 0 Å². The molecule has 0 saturated heterocycles. The molecule has 0 bridgehead atoms. The fourth-order valence-electron chi connectivity index (χ4n) is 3.39. The standard InChI is InChI=1S/C18H28N2Si2/c1-21(2,17-11-7-5-8-12-17)20(16-15-19)22(3,4)18-13-9-6-10-14-18/h5-14H,15-16,19H2,1-4H3. The van der Waals surface area contributed by atoms with E-state index in [4.69, 9.17) is 5.73 Å². The summed E-state index contributed by atoms with van der Waals surface area (Å²) in [5, 5.41) is 2.97. The molecule has 0 atom stereocenters. The van der Waals surface area contributed by atoms with Gasteiger partial charge in [-0.2, -0.15) is 0 Å². The molecule has 2 aromatic rings. The minimum Gasteiger partial charge on any atom is -0.337 e. The van der Waals surface area contributed by atoms with E-state index in [0.29, 0.717) is 6.54 Å². The second-order valence-electron chi connectivity index (χ2n) is 6.79. The van der Waals surface area contributed by atoms with Crippen molar-refractivity contribution in [1.29, 1.82) is 0 Å². The zero-order valence-electron chi connectivity index (χ0n) is 14.2. The van der Waals surface area contributed by atoms with Crippen molar-refractivity contribution in [2.45, 2.75) is 26.2 Å². The molecule has 0 amide bonds. The van der Waals surface area contributed by atoms with Gasteiger partial charge < -0.3 is 9.96 Å². The molecule has 0 aliphatic carbocycles. The maximum Gasteiger partial charge on any atom is 0.147 e. The number of nitrogens with zero attached hydrogens (tertiary/aromatic N) is 1. The fraction of sp³-hybridized carbons (Fsp3) is 0.333. The van der Waals surface area contributed by atoms with Crippen molar-refractivity contribution in [1.82, 2.24) is 4.23 Å². The van der Waals surface area contributed by atoms with Crippen LogP contribution in [0.2, 0.25) is 26.2 Å². The molecule has 2 nitrogen and oxygen atoms in total. The molecule has 2 aromatic carbocycles. The molecule has 0 aromatic heterocycles. The van der Waals surface area contributed by atoms with Crippen molar-refractivity contribution < 1.29 is 0 Å². The van der Waals surface area contributed by atoms with Gasteiger partial charge in [0.25, 0.3) is 0 Å². The predicted molar refractivity (Wildman–Crippen MR) is 103 cm³/mol. The van der Waals surface area contributed by atoms with Crippen molar-refractivity contribution in [2.24, 2.45) is 5.73 Å². The van der Waals surface area contributed by atoms with Gasteiger partial charge in [-0.05, 0) is 16.9 Å². The molecule has 0 spiro atoms. The van der Waals surface area contributed by atoms with Gasteiger partial charge in [-0.3, -0.25) is 0 Å². The normalized spacial score (nSPS) is 12.6. The summed E-state index contributed by atoms with van der Waals surface area (Å²) in [6.45, 7) is 11.5. The van der Waals surface area contributed by atoms with Crippen LogP contribution in [-0.2, 0) is 0 Å². The van der Waals surface area contributed by atoms with E-state index in [1.54, 1.807) is 0 Å². The highest BCUT2D eigenvalue weighted by atomic mass is 28.4. The molecule has 2 rings (SSSR count). The average molecular weight is 329 g/mol. The van der Waals surface area contributed by atoms with Gasteiger partial charge in [0.05, 0.1) is 0 Å². The van der Waals surface area contributed by atoms with Crippen molar-refractivity contribution in [3.05, 3.63) is 60.7 Å². The lowest BCUT2D eigenvalue weighted by molar-refractivity contribution is 0.630. The second-order valence-corrected chi connectivity index (χ2v) is 15.7. The van der Waals surface area contributed by atoms with E-state index < -0.39 is 16.5 Å². The number of benzene rings is 2. The first kappa shape index (κ1) is 17.2. The molecule has 2 N–H and O–H groups in total. The Morgan fingerprint density at radius 2 is 1.09 bits per heavy atom. The second kappa shape index (κ2) is 6.92. The van der Waals surface area contributed by atoms with Crippen LogP contribution in [0.3, 0.4) is 0 Å². The topological polar surface area (TPSA) is 29.3 Å². The molecular weight excluding hydrogens is 300 g/mol. The van der Waals surface area contributed by atoms with E-state index in [-0.39, 0.29) is 0 Å². The highest BCUT2D eigenvalue weighted by Crippen LogP contribution is 2.20. The smallest absolute Gasteiger partial charge is 0.147 e. The van der Waals surface area contributed by atoms with E-state index in [9.17, 15) is 0 Å². The Morgan fingerprint density at radius 3 is 1.41 bits per heavy atom. The first-order valence-corrected chi connectivity index (χ1v) is 13.9. The zero-order valence-corrected chi connectivity index (χ0v) is 16.2. The van der Waals surface area contributed by atoms with Gasteiger partial charge in [0.15, 0.2) is 0 Å². The summed E-state index contributed by atoms with van der Waals surface area (Å²) >= 11 is 0. The summed E-state index contributed by atoms with van der Waals surface area (Å²) in [6, 6.07) is 21.9. The summed E-state index contributed by atoms with van der Waals surface area (Å²) in [5.41, 5.74) is 5.98. The summed E-state index contributed by atoms with van der Waals surface area (Å²) in [4.78, 5) is 0. The first-order valence-electron chi connectivity index (χ1n) is 7.99. The van der Waals surface area contributed by atoms with Gasteiger partial charge in [0.1, 0.15) is 16.5 Å². The third-order valence-electron chi connectivity index (χ3n) is 4.66.